The summed E-state index contributed by atoms with van der Waals surface area (Å²) in [6, 6.07) is 4.15. The molecule has 0 aliphatic heterocycles. The van der Waals surface area contributed by atoms with Crippen molar-refractivity contribution >= 4 is 23.1 Å². The smallest absolute Gasteiger partial charge is 0.171 e. The molecule has 4 heteroatoms. The first-order valence-corrected chi connectivity index (χ1v) is 6.15. The van der Waals surface area contributed by atoms with Crippen LogP contribution in [0.5, 0.6) is 0 Å². The van der Waals surface area contributed by atoms with Gasteiger partial charge in [-0.3, -0.25) is 0 Å². The van der Waals surface area contributed by atoms with Gasteiger partial charge in [-0.1, -0.05) is 13.8 Å². The lowest BCUT2D eigenvalue weighted by Gasteiger charge is -2.06. The Morgan fingerprint density at radius 3 is 2.69 bits per heavy atom. The van der Waals surface area contributed by atoms with Gasteiger partial charge in [0.05, 0.1) is 0 Å². The fourth-order valence-corrected chi connectivity index (χ4v) is 1.47. The van der Waals surface area contributed by atoms with Crippen molar-refractivity contribution in [3.8, 4) is 0 Å². The van der Waals surface area contributed by atoms with E-state index in [2.05, 4.69) is 27.8 Å². The van der Waals surface area contributed by atoms with Crippen molar-refractivity contribution < 1.29 is 0 Å². The van der Waals surface area contributed by atoms with Crippen molar-refractivity contribution in [2.75, 3.05) is 12.4 Å². The van der Waals surface area contributed by atoms with E-state index in [0.717, 1.165) is 11.7 Å². The van der Waals surface area contributed by atoms with E-state index in [1.165, 1.54) is 18.4 Å². The minimum atomic E-state index is 0.602. The van der Waals surface area contributed by atoms with Crippen molar-refractivity contribution in [1.29, 1.82) is 0 Å². The second-order valence-corrected chi connectivity index (χ2v) is 3.86. The molecule has 0 atom stereocenters. The van der Waals surface area contributed by atoms with Gasteiger partial charge < -0.3 is 10.6 Å². The van der Waals surface area contributed by atoms with Crippen LogP contribution in [-0.4, -0.2) is 17.1 Å². The van der Waals surface area contributed by atoms with Gasteiger partial charge in [0.2, 0.25) is 0 Å². The third-order valence-electron chi connectivity index (χ3n) is 2.30. The van der Waals surface area contributed by atoms with Gasteiger partial charge in [-0.15, -0.1) is 0 Å². The van der Waals surface area contributed by atoms with Crippen molar-refractivity contribution in [3.63, 3.8) is 0 Å². The zero-order valence-corrected chi connectivity index (χ0v) is 10.9. The lowest BCUT2D eigenvalue weighted by atomic mass is 10.2. The molecule has 1 fully saturated rings. The second kappa shape index (κ2) is 6.43. The summed E-state index contributed by atoms with van der Waals surface area (Å²) >= 11 is 5.00. The average Bonchev–Trinajstić information content (AvgIpc) is 3.16. The molecule has 1 heterocycles. The molecule has 1 aliphatic carbocycles. The number of hydrogen-bond acceptors (Lipinski definition) is 2. The number of rotatable bonds is 2. The lowest BCUT2D eigenvalue weighted by molar-refractivity contribution is 1.11. The molecule has 1 aromatic heterocycles. The summed E-state index contributed by atoms with van der Waals surface area (Å²) in [4.78, 5) is 4.20. The maximum absolute atomic E-state index is 5.00. The van der Waals surface area contributed by atoms with Crippen LogP contribution in [0.3, 0.4) is 0 Å². The number of anilines is 1. The van der Waals surface area contributed by atoms with Gasteiger partial charge in [0.15, 0.2) is 5.11 Å². The number of nitrogens with zero attached hydrogens (tertiary/aromatic N) is 1. The molecule has 0 unspecified atom stereocenters. The Balaban J connectivity index is 0.000000606. The van der Waals surface area contributed by atoms with Crippen molar-refractivity contribution in [1.82, 2.24) is 10.3 Å². The Bertz CT molecular complexity index is 348. The van der Waals surface area contributed by atoms with Crippen LogP contribution >= 0.6 is 12.2 Å². The number of pyridine rings is 1. The van der Waals surface area contributed by atoms with Gasteiger partial charge in [0.1, 0.15) is 5.82 Å². The van der Waals surface area contributed by atoms with Crippen LogP contribution in [0.2, 0.25) is 0 Å². The molecule has 0 aromatic carbocycles. The van der Waals surface area contributed by atoms with E-state index in [1.54, 1.807) is 7.05 Å². The van der Waals surface area contributed by atoms with Crippen LogP contribution in [0.1, 0.15) is 38.2 Å². The predicted octanol–water partition coefficient (Wildman–Crippen LogP) is 2.90. The van der Waals surface area contributed by atoms with Crippen molar-refractivity contribution in [2.45, 2.75) is 32.6 Å². The van der Waals surface area contributed by atoms with E-state index in [-0.39, 0.29) is 0 Å². The molecule has 3 nitrogen and oxygen atoms in total. The molecule has 1 aromatic rings. The number of hydrogen-bond donors (Lipinski definition) is 2. The number of nitrogens with one attached hydrogen (secondary N) is 2. The van der Waals surface area contributed by atoms with Crippen LogP contribution in [0.25, 0.3) is 0 Å². The van der Waals surface area contributed by atoms with Gasteiger partial charge in [0, 0.05) is 13.2 Å². The SMILES string of the molecule is CC.CNC(=S)Nc1cc(C2CC2)ccn1. The summed E-state index contributed by atoms with van der Waals surface area (Å²) in [5.41, 5.74) is 1.36. The standard InChI is InChI=1S/C10H13N3S.C2H6/c1-11-10(14)13-9-6-8(4-5-12-9)7-2-3-7;1-2/h4-7H,2-3H2,1H3,(H2,11,12,13,14);1-2H3. The highest BCUT2D eigenvalue weighted by Crippen LogP contribution is 2.40. The maximum atomic E-state index is 5.00. The fraction of sp³-hybridized carbons (Fsp3) is 0.500. The van der Waals surface area contributed by atoms with Gasteiger partial charge >= 0.3 is 0 Å². The highest BCUT2D eigenvalue weighted by molar-refractivity contribution is 7.80. The van der Waals surface area contributed by atoms with Crippen LogP contribution in [0, 0.1) is 0 Å². The first-order chi connectivity index (χ1) is 7.79. The monoisotopic (exact) mass is 237 g/mol. The molecular weight excluding hydrogens is 218 g/mol. The summed E-state index contributed by atoms with van der Waals surface area (Å²) < 4.78 is 0. The molecular formula is C12H19N3S. The highest BCUT2D eigenvalue weighted by Gasteiger charge is 2.23. The highest BCUT2D eigenvalue weighted by atomic mass is 32.1. The Labute approximate surface area is 103 Å². The molecule has 2 rings (SSSR count). The van der Waals surface area contributed by atoms with E-state index in [4.69, 9.17) is 12.2 Å². The van der Waals surface area contributed by atoms with Crippen LogP contribution in [0.15, 0.2) is 18.3 Å². The molecule has 1 saturated carbocycles. The second-order valence-electron chi connectivity index (χ2n) is 3.45. The summed E-state index contributed by atoms with van der Waals surface area (Å²) in [6.45, 7) is 4.00. The van der Waals surface area contributed by atoms with Crippen molar-refractivity contribution in [3.05, 3.63) is 23.9 Å². The van der Waals surface area contributed by atoms with Gasteiger partial charge in [-0.2, -0.15) is 0 Å². The Morgan fingerprint density at radius 1 is 1.44 bits per heavy atom. The van der Waals surface area contributed by atoms with E-state index in [0.29, 0.717) is 5.11 Å². The Hall–Kier alpha value is -1.16. The first kappa shape index (κ1) is 12.9. The average molecular weight is 237 g/mol. The molecule has 0 bridgehead atoms. The molecule has 88 valence electrons. The lowest BCUT2D eigenvalue weighted by Crippen LogP contribution is -2.24. The molecule has 2 N–H and O–H groups in total. The topological polar surface area (TPSA) is 37.0 Å². The minimum absolute atomic E-state index is 0.602. The molecule has 1 aliphatic rings. The first-order valence-electron chi connectivity index (χ1n) is 5.74. The zero-order chi connectivity index (χ0) is 12.0. The minimum Gasteiger partial charge on any atom is -0.365 e. The third kappa shape index (κ3) is 3.77. The van der Waals surface area contributed by atoms with E-state index < -0.39 is 0 Å². The largest absolute Gasteiger partial charge is 0.365 e. The molecule has 0 radical (unpaired) electrons. The van der Waals surface area contributed by atoms with Crippen LogP contribution < -0.4 is 10.6 Å². The predicted molar refractivity (Wildman–Crippen MR) is 72.8 cm³/mol. The summed E-state index contributed by atoms with van der Waals surface area (Å²) in [6.07, 6.45) is 4.44. The molecule has 0 saturated heterocycles. The number of thiocarbonyl (C=S) groups is 1. The van der Waals surface area contributed by atoms with Crippen molar-refractivity contribution in [2.24, 2.45) is 0 Å². The normalized spacial score (nSPS) is 13.4. The van der Waals surface area contributed by atoms with Gasteiger partial charge in [-0.05, 0) is 48.7 Å². The zero-order valence-electron chi connectivity index (χ0n) is 10.1. The molecule has 0 amide bonds. The van der Waals surface area contributed by atoms with Gasteiger partial charge in [0.25, 0.3) is 0 Å². The van der Waals surface area contributed by atoms with Gasteiger partial charge in [-0.25, -0.2) is 4.98 Å². The molecule has 16 heavy (non-hydrogen) atoms. The Kier molecular flexibility index (Phi) is 5.19. The van der Waals surface area contributed by atoms with E-state index in [9.17, 15) is 0 Å². The molecule has 0 spiro atoms. The quantitative estimate of drug-likeness (QED) is 0.776. The maximum Gasteiger partial charge on any atom is 0.171 e. The summed E-state index contributed by atoms with van der Waals surface area (Å²) in [5, 5.41) is 6.48. The summed E-state index contributed by atoms with van der Waals surface area (Å²) in [5.74, 6) is 1.58. The Morgan fingerprint density at radius 2 is 2.12 bits per heavy atom. The van der Waals surface area contributed by atoms with E-state index in [1.807, 2.05) is 20.0 Å². The third-order valence-corrected chi connectivity index (χ3v) is 2.61. The van der Waals surface area contributed by atoms with Crippen LogP contribution in [0.4, 0.5) is 5.82 Å². The number of aromatic nitrogens is 1. The fourth-order valence-electron chi connectivity index (χ4n) is 1.36. The van der Waals surface area contributed by atoms with Crippen LogP contribution in [-0.2, 0) is 0 Å². The summed E-state index contributed by atoms with van der Waals surface area (Å²) in [7, 11) is 1.79. The van der Waals surface area contributed by atoms with E-state index >= 15 is 0 Å².